The van der Waals surface area contributed by atoms with Crippen LogP contribution in [0.5, 0.6) is 0 Å². The van der Waals surface area contributed by atoms with Gasteiger partial charge in [0.05, 0.1) is 0 Å². The number of hydrogen-bond acceptors (Lipinski definition) is 4. The van der Waals surface area contributed by atoms with Crippen LogP contribution in [0.2, 0.25) is 0 Å². The predicted molar refractivity (Wildman–Crippen MR) is 69.5 cm³/mol. The fourth-order valence-corrected chi connectivity index (χ4v) is 2.20. The molecule has 1 rings (SSSR count). The summed E-state index contributed by atoms with van der Waals surface area (Å²) in [5.74, 6) is 0. The number of unbranched alkanes of at least 4 members (excludes halogenated alkanes) is 1. The standard InChI is InChI=1S/C11H19N2O2P/c1-4-12(2)7-5-6-8-13(3)10-9(14)11(15)16-10/h4-8H2,1-3H3. The molecule has 5 heteroatoms. The van der Waals surface area contributed by atoms with Crippen molar-refractivity contribution in [1.82, 2.24) is 4.90 Å². The highest BCUT2D eigenvalue weighted by Gasteiger charge is 2.14. The van der Waals surface area contributed by atoms with E-state index in [1.165, 1.54) is 0 Å². The van der Waals surface area contributed by atoms with Crippen molar-refractivity contribution in [1.29, 1.82) is 0 Å². The first-order valence-electron chi connectivity index (χ1n) is 5.63. The number of nitrogens with zero attached hydrogens (tertiary/aromatic N) is 2. The third-order valence-electron chi connectivity index (χ3n) is 2.79. The van der Waals surface area contributed by atoms with E-state index in [1.807, 2.05) is 11.9 Å². The van der Waals surface area contributed by atoms with Crippen LogP contribution in [0.15, 0.2) is 9.59 Å². The Bertz CT molecular complexity index is 398. The molecule has 0 spiro atoms. The summed E-state index contributed by atoms with van der Waals surface area (Å²) in [7, 11) is 4.56. The average molecular weight is 242 g/mol. The summed E-state index contributed by atoms with van der Waals surface area (Å²) in [5.41, 5.74) is 0.365. The molecule has 0 aliphatic carbocycles. The Morgan fingerprint density at radius 2 is 1.75 bits per heavy atom. The molecule has 0 amide bonds. The zero-order valence-corrected chi connectivity index (χ0v) is 11.1. The normalized spacial score (nSPS) is 11.8. The van der Waals surface area contributed by atoms with Gasteiger partial charge in [-0.3, -0.25) is 9.59 Å². The molecule has 0 unspecified atom stereocenters. The Kier molecular flexibility index (Phi) is 5.10. The number of anilines is 1. The van der Waals surface area contributed by atoms with Crippen molar-refractivity contribution in [3.05, 3.63) is 20.2 Å². The third kappa shape index (κ3) is 3.39. The molecule has 90 valence electrons. The van der Waals surface area contributed by atoms with Gasteiger partial charge in [-0.25, -0.2) is 0 Å². The second-order valence-corrected chi connectivity index (χ2v) is 5.15. The van der Waals surface area contributed by atoms with Crippen LogP contribution in [0.4, 0.5) is 5.42 Å². The second kappa shape index (κ2) is 6.12. The van der Waals surface area contributed by atoms with Gasteiger partial charge in [-0.05, 0) is 33.0 Å². The molecule has 0 saturated carbocycles. The molecule has 0 N–H and O–H groups in total. The van der Waals surface area contributed by atoms with Gasteiger partial charge in [0.2, 0.25) is 0 Å². The van der Waals surface area contributed by atoms with E-state index in [0.29, 0.717) is 13.6 Å². The lowest BCUT2D eigenvalue weighted by Crippen LogP contribution is -2.34. The lowest BCUT2D eigenvalue weighted by molar-refractivity contribution is 0.344. The van der Waals surface area contributed by atoms with Crippen LogP contribution in [-0.4, -0.2) is 38.6 Å². The summed E-state index contributed by atoms with van der Waals surface area (Å²) < 4.78 is 0. The Hall–Kier alpha value is -0.730. The van der Waals surface area contributed by atoms with E-state index >= 15 is 0 Å². The first kappa shape index (κ1) is 13.3. The summed E-state index contributed by atoms with van der Waals surface area (Å²) in [4.78, 5) is 26.1. The summed E-state index contributed by atoms with van der Waals surface area (Å²) in [6.07, 6.45) is 2.18. The smallest absolute Gasteiger partial charge is 0.258 e. The molecule has 0 aliphatic rings. The van der Waals surface area contributed by atoms with Gasteiger partial charge in [0.1, 0.15) is 5.42 Å². The lowest BCUT2D eigenvalue weighted by atomic mass is 10.3. The van der Waals surface area contributed by atoms with Crippen LogP contribution >= 0.6 is 8.19 Å². The fraction of sp³-hybridized carbons (Fsp3) is 0.727. The number of hydrogen-bond donors (Lipinski definition) is 0. The zero-order valence-electron chi connectivity index (χ0n) is 10.2. The maximum Gasteiger partial charge on any atom is 0.258 e. The van der Waals surface area contributed by atoms with E-state index in [2.05, 4.69) is 18.9 Å². The van der Waals surface area contributed by atoms with Gasteiger partial charge in [0, 0.05) is 21.8 Å². The topological polar surface area (TPSA) is 40.6 Å². The van der Waals surface area contributed by atoms with Crippen LogP contribution in [0.1, 0.15) is 19.8 Å². The van der Waals surface area contributed by atoms with Gasteiger partial charge in [-0.15, -0.1) is 0 Å². The van der Waals surface area contributed by atoms with Gasteiger partial charge < -0.3 is 9.80 Å². The molecule has 1 aromatic heterocycles. The van der Waals surface area contributed by atoms with E-state index in [0.717, 1.165) is 32.5 Å². The van der Waals surface area contributed by atoms with Crippen LogP contribution in [0, 0.1) is 0 Å². The highest BCUT2D eigenvalue weighted by molar-refractivity contribution is 7.34. The van der Waals surface area contributed by atoms with E-state index in [9.17, 15) is 9.59 Å². The van der Waals surface area contributed by atoms with Crippen molar-refractivity contribution in [2.75, 3.05) is 38.6 Å². The molecular weight excluding hydrogens is 223 g/mol. The third-order valence-corrected chi connectivity index (χ3v) is 3.95. The minimum absolute atomic E-state index is 0.271. The molecule has 0 atom stereocenters. The molecule has 0 saturated heterocycles. The van der Waals surface area contributed by atoms with Crippen LogP contribution in [0.25, 0.3) is 0 Å². The molecule has 0 aliphatic heterocycles. The van der Waals surface area contributed by atoms with Crippen molar-refractivity contribution in [2.24, 2.45) is 0 Å². The highest BCUT2D eigenvalue weighted by atomic mass is 31.0. The van der Waals surface area contributed by atoms with Gasteiger partial charge in [0.25, 0.3) is 10.6 Å². The number of rotatable bonds is 7. The van der Waals surface area contributed by atoms with Crippen molar-refractivity contribution in [3.63, 3.8) is 0 Å². The fourth-order valence-electron chi connectivity index (χ4n) is 1.49. The maximum absolute atomic E-state index is 11.1. The maximum atomic E-state index is 11.1. The van der Waals surface area contributed by atoms with Gasteiger partial charge in [-0.1, -0.05) is 6.92 Å². The quantitative estimate of drug-likeness (QED) is 0.529. The largest absolute Gasteiger partial charge is 0.368 e. The molecule has 0 bridgehead atoms. The highest BCUT2D eigenvalue weighted by Crippen LogP contribution is 2.16. The van der Waals surface area contributed by atoms with E-state index in [1.54, 1.807) is 0 Å². The summed E-state index contributed by atoms with van der Waals surface area (Å²) >= 11 is 0. The van der Waals surface area contributed by atoms with Crippen molar-refractivity contribution < 1.29 is 0 Å². The molecule has 1 aromatic rings. The monoisotopic (exact) mass is 242 g/mol. The summed E-state index contributed by atoms with van der Waals surface area (Å²) in [6.45, 7) is 5.15. The Morgan fingerprint density at radius 1 is 1.12 bits per heavy atom. The van der Waals surface area contributed by atoms with E-state index in [4.69, 9.17) is 0 Å². The molecular formula is C11H19N2O2P. The molecule has 16 heavy (non-hydrogen) atoms. The van der Waals surface area contributed by atoms with Crippen molar-refractivity contribution in [3.8, 4) is 0 Å². The minimum Gasteiger partial charge on any atom is -0.368 e. The van der Waals surface area contributed by atoms with Crippen molar-refractivity contribution >= 4 is 13.6 Å². The first-order chi connectivity index (χ1) is 7.56. The lowest BCUT2D eigenvalue weighted by Gasteiger charge is -2.19. The van der Waals surface area contributed by atoms with Crippen LogP contribution in [-0.2, 0) is 0 Å². The van der Waals surface area contributed by atoms with Gasteiger partial charge in [0.15, 0.2) is 0 Å². The second-order valence-electron chi connectivity index (χ2n) is 4.09. The van der Waals surface area contributed by atoms with E-state index < -0.39 is 0 Å². The van der Waals surface area contributed by atoms with Crippen molar-refractivity contribution in [2.45, 2.75) is 19.8 Å². The molecule has 0 aromatic carbocycles. The zero-order chi connectivity index (χ0) is 12.1. The van der Waals surface area contributed by atoms with E-state index in [-0.39, 0.29) is 10.6 Å². The molecule has 1 heterocycles. The Balaban J connectivity index is 2.22. The van der Waals surface area contributed by atoms with Gasteiger partial charge in [-0.2, -0.15) is 0 Å². The Morgan fingerprint density at radius 3 is 2.25 bits per heavy atom. The SMILES string of the molecule is CCN(C)CCCCN(C)c1pc(=O)c1=O. The molecule has 0 fully saturated rings. The molecule has 0 radical (unpaired) electrons. The predicted octanol–water partition coefficient (Wildman–Crippen LogP) is 1.03. The average Bonchev–Trinajstić information content (AvgIpc) is 2.30. The Labute approximate surface area is 97.7 Å². The van der Waals surface area contributed by atoms with Crippen LogP contribution in [0.3, 0.4) is 0 Å². The van der Waals surface area contributed by atoms with Crippen LogP contribution < -0.4 is 15.5 Å². The molecule has 4 nitrogen and oxygen atoms in total. The first-order valence-corrected chi connectivity index (χ1v) is 6.52. The van der Waals surface area contributed by atoms with Gasteiger partial charge >= 0.3 is 0 Å². The summed E-state index contributed by atoms with van der Waals surface area (Å²) in [6, 6.07) is 0. The summed E-state index contributed by atoms with van der Waals surface area (Å²) in [5, 5.41) is -0.271. The minimum atomic E-state index is -0.296.